The van der Waals surface area contributed by atoms with Gasteiger partial charge in [-0.3, -0.25) is 25.0 Å². The quantitative estimate of drug-likeness (QED) is 0.103. The molecule has 0 aliphatic carbocycles. The molecule has 1 heterocycles. The maximum absolute atomic E-state index is 13.4. The zero-order valence-corrected chi connectivity index (χ0v) is 22.8. The van der Waals surface area contributed by atoms with Crippen molar-refractivity contribution in [2.45, 2.75) is 12.8 Å². The van der Waals surface area contributed by atoms with Crippen LogP contribution in [0, 0.1) is 20.2 Å². The van der Waals surface area contributed by atoms with E-state index in [1.807, 2.05) is 0 Å². The first-order valence-corrected chi connectivity index (χ1v) is 12.9. The van der Waals surface area contributed by atoms with Crippen molar-refractivity contribution >= 4 is 40.1 Å². The summed E-state index contributed by atoms with van der Waals surface area (Å²) in [5.74, 6) is -0.511. The Balaban J connectivity index is 1.55. The lowest BCUT2D eigenvalue weighted by Gasteiger charge is -2.12. The van der Waals surface area contributed by atoms with Gasteiger partial charge in [0.15, 0.2) is 5.82 Å². The zero-order valence-electron chi connectivity index (χ0n) is 22.1. The Bertz CT molecular complexity index is 2030. The molecule has 0 radical (unpaired) electrons. The normalized spacial score (nSPS) is 11.6. The number of ether oxygens (including phenoxy) is 1. The number of hydrogen-bond donors (Lipinski definition) is 0. The van der Waals surface area contributed by atoms with Crippen LogP contribution in [0.3, 0.4) is 0 Å². The lowest BCUT2D eigenvalue weighted by Crippen LogP contribution is -2.20. The molecule has 4 aromatic carbocycles. The molecule has 222 valence electrons. The number of nitro groups is 2. The van der Waals surface area contributed by atoms with Crippen LogP contribution < -0.4 is 10.3 Å². The third-order valence-corrected chi connectivity index (χ3v) is 6.55. The molecule has 0 N–H and O–H groups in total. The number of nitro benzene ring substituents is 2. The third-order valence-electron chi connectivity index (χ3n) is 6.27. The van der Waals surface area contributed by atoms with E-state index < -0.39 is 32.8 Å². The van der Waals surface area contributed by atoms with Gasteiger partial charge < -0.3 is 4.74 Å². The lowest BCUT2D eigenvalue weighted by molar-refractivity contribution is -0.385. The van der Waals surface area contributed by atoms with E-state index >= 15 is 0 Å². The van der Waals surface area contributed by atoms with Crippen LogP contribution >= 0.6 is 11.6 Å². The summed E-state index contributed by atoms with van der Waals surface area (Å²) in [6.07, 6.45) is -3.59. The summed E-state index contributed by atoms with van der Waals surface area (Å²) in [6.45, 7) is -0.270. The monoisotopic (exact) mass is 623 g/mol. The molecule has 0 aliphatic rings. The van der Waals surface area contributed by atoms with E-state index in [1.165, 1.54) is 54.6 Å². The zero-order chi connectivity index (χ0) is 31.6. The van der Waals surface area contributed by atoms with Crippen LogP contribution in [-0.2, 0) is 12.8 Å². The van der Waals surface area contributed by atoms with Crippen LogP contribution in [0.2, 0.25) is 5.02 Å². The van der Waals surface area contributed by atoms with Crippen LogP contribution in [0.1, 0.15) is 16.7 Å². The number of rotatable bonds is 8. The fourth-order valence-electron chi connectivity index (χ4n) is 4.24. The van der Waals surface area contributed by atoms with Crippen LogP contribution in [0.4, 0.5) is 24.5 Å². The smallest absolute Gasteiger partial charge is 0.416 e. The maximum atomic E-state index is 13.4. The Morgan fingerprint density at radius 1 is 0.955 bits per heavy atom. The van der Waals surface area contributed by atoms with E-state index in [0.717, 1.165) is 29.1 Å². The number of nitrogens with zero attached hydrogens (tertiary/aromatic N) is 5. The molecule has 0 saturated carbocycles. The molecule has 0 bridgehead atoms. The summed E-state index contributed by atoms with van der Waals surface area (Å²) >= 11 is 6.32. The number of alkyl halides is 3. The van der Waals surface area contributed by atoms with Crippen LogP contribution in [-0.4, -0.2) is 25.7 Å². The first-order valence-electron chi connectivity index (χ1n) is 12.5. The molecule has 5 rings (SSSR count). The molecular formula is C29H17ClF3N5O6. The number of halogens is 4. The topological polar surface area (TPSA) is 143 Å². The van der Waals surface area contributed by atoms with Crippen molar-refractivity contribution in [1.29, 1.82) is 0 Å². The Hall–Kier alpha value is -5.63. The molecule has 5 aromatic rings. The fraction of sp³-hybridized carbons (Fsp3) is 0.0690. The molecule has 0 saturated heterocycles. The van der Waals surface area contributed by atoms with Gasteiger partial charge in [-0.2, -0.15) is 22.9 Å². The van der Waals surface area contributed by atoms with Gasteiger partial charge >= 0.3 is 11.9 Å². The highest BCUT2D eigenvalue weighted by Crippen LogP contribution is 2.37. The SMILES string of the molecule is O=c1c2ccccc2nc(-c2cccc(C(F)(F)F)c2)n1N=Cc1cc(Cl)c(OCc2cccc([N+](=O)[O-])c2)c([N+](=O)[O-])c1. The highest BCUT2D eigenvalue weighted by atomic mass is 35.5. The van der Waals surface area contributed by atoms with Crippen molar-refractivity contribution < 1.29 is 27.8 Å². The molecule has 0 aliphatic heterocycles. The number of hydrogen-bond acceptors (Lipinski definition) is 8. The molecule has 15 heteroatoms. The summed E-state index contributed by atoms with van der Waals surface area (Å²) < 4.78 is 46.7. The fourth-order valence-corrected chi connectivity index (χ4v) is 4.52. The van der Waals surface area contributed by atoms with E-state index in [0.29, 0.717) is 5.56 Å². The number of fused-ring (bicyclic) bond motifs is 1. The van der Waals surface area contributed by atoms with Gasteiger partial charge in [0, 0.05) is 29.3 Å². The summed E-state index contributed by atoms with van der Waals surface area (Å²) in [5.41, 5.74) is -1.82. The summed E-state index contributed by atoms with van der Waals surface area (Å²) in [7, 11) is 0. The Kier molecular flexibility index (Phi) is 8.09. The van der Waals surface area contributed by atoms with Gasteiger partial charge in [0.1, 0.15) is 6.61 Å². The van der Waals surface area contributed by atoms with E-state index in [4.69, 9.17) is 16.3 Å². The van der Waals surface area contributed by atoms with E-state index in [-0.39, 0.29) is 50.9 Å². The molecule has 0 atom stereocenters. The molecular weight excluding hydrogens is 607 g/mol. The first-order chi connectivity index (χ1) is 20.9. The number of non-ortho nitro benzene ring substituents is 1. The second kappa shape index (κ2) is 11.9. The number of para-hydroxylation sites is 1. The standard InChI is InChI=1S/C29H17ClF3N5O6/c30-23-12-18(13-25(38(42)43)26(23)44-16-17-5-3-8-21(11-17)37(40)41)15-34-36-27(19-6-4-7-20(14-19)29(31,32)33)35-24-10-2-1-9-22(24)28(36)39/h1-15H,16H2. The average Bonchev–Trinajstić information content (AvgIpc) is 2.99. The van der Waals surface area contributed by atoms with Gasteiger partial charge in [-0.15, -0.1) is 0 Å². The minimum absolute atomic E-state index is 0.0475. The number of benzene rings is 4. The largest absolute Gasteiger partial charge is 0.481 e. The predicted octanol–water partition coefficient (Wildman–Crippen LogP) is 7.01. The minimum atomic E-state index is -4.66. The van der Waals surface area contributed by atoms with Crippen LogP contribution in [0.15, 0.2) is 94.8 Å². The molecule has 1 aromatic heterocycles. The summed E-state index contributed by atoms with van der Waals surface area (Å²) in [5, 5.41) is 27.0. The van der Waals surface area contributed by atoms with Gasteiger partial charge in [-0.25, -0.2) is 4.98 Å². The van der Waals surface area contributed by atoms with Crippen molar-refractivity contribution in [3.8, 4) is 17.1 Å². The maximum Gasteiger partial charge on any atom is 0.416 e. The second-order valence-electron chi connectivity index (χ2n) is 9.22. The molecule has 44 heavy (non-hydrogen) atoms. The van der Waals surface area contributed by atoms with Crippen molar-refractivity contribution in [3.63, 3.8) is 0 Å². The van der Waals surface area contributed by atoms with Crippen LogP contribution in [0.25, 0.3) is 22.3 Å². The predicted molar refractivity (Wildman–Crippen MR) is 155 cm³/mol. The van der Waals surface area contributed by atoms with Gasteiger partial charge in [-0.05, 0) is 35.9 Å². The average molecular weight is 624 g/mol. The highest BCUT2D eigenvalue weighted by molar-refractivity contribution is 6.32. The Labute approximate surface area is 249 Å². The van der Waals surface area contributed by atoms with Crippen molar-refractivity contribution in [1.82, 2.24) is 9.66 Å². The number of aromatic nitrogens is 2. The molecule has 0 unspecified atom stereocenters. The van der Waals surface area contributed by atoms with Gasteiger partial charge in [0.25, 0.3) is 11.2 Å². The lowest BCUT2D eigenvalue weighted by atomic mass is 10.1. The summed E-state index contributed by atoms with van der Waals surface area (Å²) in [6, 6.07) is 18.2. The van der Waals surface area contributed by atoms with E-state index in [1.54, 1.807) is 12.1 Å². The Morgan fingerprint density at radius 2 is 1.70 bits per heavy atom. The van der Waals surface area contributed by atoms with Crippen molar-refractivity contribution in [2.75, 3.05) is 0 Å². The third kappa shape index (κ3) is 6.24. The van der Waals surface area contributed by atoms with Gasteiger partial charge in [-0.1, -0.05) is 48.0 Å². The first kappa shape index (κ1) is 29.8. The molecule has 0 spiro atoms. The van der Waals surface area contributed by atoms with Gasteiger partial charge in [0.2, 0.25) is 5.75 Å². The van der Waals surface area contributed by atoms with E-state index in [9.17, 15) is 38.2 Å². The van der Waals surface area contributed by atoms with Crippen molar-refractivity contribution in [3.05, 3.63) is 137 Å². The molecule has 11 nitrogen and oxygen atoms in total. The van der Waals surface area contributed by atoms with Crippen LogP contribution in [0.5, 0.6) is 5.75 Å². The molecule has 0 fully saturated rings. The van der Waals surface area contributed by atoms with E-state index in [2.05, 4.69) is 10.1 Å². The van der Waals surface area contributed by atoms with Gasteiger partial charge in [0.05, 0.1) is 37.6 Å². The Morgan fingerprint density at radius 3 is 2.43 bits per heavy atom. The molecule has 0 amide bonds. The second-order valence-corrected chi connectivity index (χ2v) is 9.62. The minimum Gasteiger partial charge on any atom is -0.481 e. The summed E-state index contributed by atoms with van der Waals surface area (Å²) in [4.78, 5) is 39.3. The highest BCUT2D eigenvalue weighted by Gasteiger charge is 2.31. The van der Waals surface area contributed by atoms with Crippen molar-refractivity contribution in [2.24, 2.45) is 5.10 Å².